The van der Waals surface area contributed by atoms with Gasteiger partial charge in [-0.2, -0.15) is 0 Å². The molecule has 4 rings (SSSR count). The summed E-state index contributed by atoms with van der Waals surface area (Å²) in [5.74, 6) is -0.0486. The van der Waals surface area contributed by atoms with Gasteiger partial charge in [0.25, 0.3) is 5.91 Å². The molecule has 0 unspecified atom stereocenters. The highest BCUT2D eigenvalue weighted by atomic mass is 32.3. The Kier molecular flexibility index (Phi) is 4.26. The number of hydrogen-bond donors (Lipinski definition) is 2. The number of piperazine rings is 1. The number of aryl methyl sites for hydroxylation is 1. The summed E-state index contributed by atoms with van der Waals surface area (Å²) in [6.07, 6.45) is 1.65. The summed E-state index contributed by atoms with van der Waals surface area (Å²) in [5, 5.41) is 1.39. The first-order valence-corrected chi connectivity index (χ1v) is 10.3. The van der Waals surface area contributed by atoms with Crippen LogP contribution in [0.2, 0.25) is 0 Å². The highest BCUT2D eigenvalue weighted by Gasteiger charge is 2.29. The normalized spacial score (nSPS) is 19.3. The number of nitrogens with zero attached hydrogens (tertiary/aromatic N) is 2. The third-order valence-corrected chi connectivity index (χ3v) is 6.50. The Morgan fingerprint density at radius 3 is 2.50 bits per heavy atom. The number of carbonyl (C=O) groups is 1. The van der Waals surface area contributed by atoms with Gasteiger partial charge in [0.2, 0.25) is 0 Å². The summed E-state index contributed by atoms with van der Waals surface area (Å²) in [6, 6.07) is 13.6. The first-order chi connectivity index (χ1) is 12.5. The molecule has 136 valence electrons. The molecule has 26 heavy (non-hydrogen) atoms. The van der Waals surface area contributed by atoms with Crippen LogP contribution in [0.25, 0.3) is 6.08 Å². The Balaban J connectivity index is 1.50. The van der Waals surface area contributed by atoms with Crippen LogP contribution >= 0.6 is 10.6 Å². The molecule has 1 amide bonds. The molecule has 1 fully saturated rings. The van der Waals surface area contributed by atoms with Crippen molar-refractivity contribution in [3.8, 4) is 0 Å². The van der Waals surface area contributed by atoms with E-state index in [1.807, 2.05) is 4.90 Å². The zero-order valence-electron chi connectivity index (χ0n) is 14.6. The molecule has 0 saturated carbocycles. The molecule has 6 heteroatoms. The molecular weight excluding hydrogens is 348 g/mol. The largest absolute Gasteiger partial charge is 0.368 e. The van der Waals surface area contributed by atoms with Crippen LogP contribution in [0.5, 0.6) is 0 Å². The van der Waals surface area contributed by atoms with Crippen LogP contribution in [-0.2, 0) is 0 Å². The quantitative estimate of drug-likeness (QED) is 0.837. The van der Waals surface area contributed by atoms with E-state index >= 15 is 0 Å². The van der Waals surface area contributed by atoms with Gasteiger partial charge in [-0.15, -0.1) is 10.6 Å². The van der Waals surface area contributed by atoms with Crippen molar-refractivity contribution in [1.29, 1.82) is 0 Å². The predicted molar refractivity (Wildman–Crippen MR) is 106 cm³/mol. The van der Waals surface area contributed by atoms with Crippen molar-refractivity contribution in [3.05, 3.63) is 64.6 Å². The van der Waals surface area contributed by atoms with E-state index < -0.39 is 10.6 Å². The molecule has 2 aliphatic rings. The van der Waals surface area contributed by atoms with Crippen LogP contribution in [0.1, 0.15) is 21.5 Å². The molecule has 2 heterocycles. The fourth-order valence-electron chi connectivity index (χ4n) is 3.56. The summed E-state index contributed by atoms with van der Waals surface area (Å²) < 4.78 is 20.1. The van der Waals surface area contributed by atoms with E-state index in [0.717, 1.165) is 13.1 Å². The molecule has 1 saturated heterocycles. The maximum absolute atomic E-state index is 13.0. The molecule has 2 aromatic carbocycles. The van der Waals surface area contributed by atoms with Gasteiger partial charge in [-0.25, -0.2) is 0 Å². The van der Waals surface area contributed by atoms with E-state index in [1.165, 1.54) is 16.7 Å². The lowest BCUT2D eigenvalue weighted by atomic mass is 10.1. The molecule has 0 aliphatic carbocycles. The molecule has 2 aliphatic heterocycles. The summed E-state index contributed by atoms with van der Waals surface area (Å²) >= 11 is 0. The fourth-order valence-corrected chi connectivity index (χ4v) is 4.82. The van der Waals surface area contributed by atoms with Crippen molar-refractivity contribution in [1.82, 2.24) is 4.90 Å². The standard InChI is InChI=1S/C20H22N2O3S/c1-15-4-2-5-16(14-15)21-9-11-22(12-10-21)20(23)18-6-3-7-19-17(18)8-13-26(19,24)25/h2-8,13-14,24-25H,9-12H2,1H3. The summed E-state index contributed by atoms with van der Waals surface area (Å²) in [5.41, 5.74) is 3.60. The van der Waals surface area contributed by atoms with Crippen molar-refractivity contribution in [2.45, 2.75) is 11.8 Å². The van der Waals surface area contributed by atoms with Gasteiger partial charge in [-0.1, -0.05) is 18.2 Å². The lowest BCUT2D eigenvalue weighted by molar-refractivity contribution is 0.0746. The molecule has 2 aromatic rings. The molecule has 2 N–H and O–H groups in total. The van der Waals surface area contributed by atoms with E-state index in [4.69, 9.17) is 0 Å². The number of fused-ring (bicyclic) bond motifs is 1. The fraction of sp³-hybridized carbons (Fsp3) is 0.250. The van der Waals surface area contributed by atoms with Crippen molar-refractivity contribution < 1.29 is 13.9 Å². The molecule has 0 radical (unpaired) electrons. The summed E-state index contributed by atoms with van der Waals surface area (Å²) in [7, 11) is -2.90. The molecule has 0 aromatic heterocycles. The first-order valence-electron chi connectivity index (χ1n) is 8.66. The van der Waals surface area contributed by atoms with Gasteiger partial charge >= 0.3 is 0 Å². The number of amides is 1. The van der Waals surface area contributed by atoms with Crippen molar-refractivity contribution in [2.24, 2.45) is 0 Å². The SMILES string of the molecule is Cc1cccc(N2CCN(C(=O)c3cccc4c3C=CS4(O)O)CC2)c1. The third kappa shape index (κ3) is 3.00. The maximum Gasteiger partial charge on any atom is 0.254 e. The monoisotopic (exact) mass is 370 g/mol. The predicted octanol–water partition coefficient (Wildman–Crippen LogP) is 4.05. The topological polar surface area (TPSA) is 64.0 Å². The first kappa shape index (κ1) is 17.1. The van der Waals surface area contributed by atoms with Crippen LogP contribution in [0, 0.1) is 6.92 Å². The van der Waals surface area contributed by atoms with E-state index in [2.05, 4.69) is 36.1 Å². The summed E-state index contributed by atoms with van der Waals surface area (Å²) in [6.45, 7) is 4.95. The third-order valence-electron chi connectivity index (χ3n) is 4.98. The Morgan fingerprint density at radius 2 is 1.77 bits per heavy atom. The highest BCUT2D eigenvalue weighted by molar-refractivity contribution is 8.27. The van der Waals surface area contributed by atoms with Gasteiger partial charge < -0.3 is 9.80 Å². The number of benzene rings is 2. The van der Waals surface area contributed by atoms with Crippen molar-refractivity contribution >= 4 is 28.3 Å². The van der Waals surface area contributed by atoms with E-state index in [1.54, 1.807) is 24.3 Å². The van der Waals surface area contributed by atoms with Gasteiger partial charge in [0, 0.05) is 48.4 Å². The van der Waals surface area contributed by atoms with Crippen LogP contribution in [0.3, 0.4) is 0 Å². The minimum absolute atomic E-state index is 0.0486. The average Bonchev–Trinajstić information content (AvgIpc) is 2.96. The van der Waals surface area contributed by atoms with Crippen LogP contribution in [0.15, 0.2) is 52.8 Å². The Labute approximate surface area is 154 Å². The maximum atomic E-state index is 13.0. The second kappa shape index (κ2) is 6.46. The number of hydrogen-bond acceptors (Lipinski definition) is 4. The summed E-state index contributed by atoms with van der Waals surface area (Å²) in [4.78, 5) is 17.6. The molecule has 5 nitrogen and oxygen atoms in total. The van der Waals surface area contributed by atoms with E-state index in [0.29, 0.717) is 29.1 Å². The molecule has 0 atom stereocenters. The zero-order chi connectivity index (χ0) is 18.3. The van der Waals surface area contributed by atoms with Gasteiger partial charge in [-0.05, 0) is 42.8 Å². The number of anilines is 1. The van der Waals surface area contributed by atoms with Crippen molar-refractivity contribution in [2.75, 3.05) is 31.1 Å². The number of carbonyl (C=O) groups excluding carboxylic acids is 1. The lowest BCUT2D eigenvalue weighted by Gasteiger charge is -2.36. The Bertz CT molecular complexity index is 886. The van der Waals surface area contributed by atoms with Gasteiger partial charge in [0.1, 0.15) is 0 Å². The number of rotatable bonds is 2. The van der Waals surface area contributed by atoms with Gasteiger partial charge in [0.15, 0.2) is 0 Å². The van der Waals surface area contributed by atoms with Crippen molar-refractivity contribution in [3.63, 3.8) is 0 Å². The lowest BCUT2D eigenvalue weighted by Crippen LogP contribution is -2.49. The van der Waals surface area contributed by atoms with E-state index in [9.17, 15) is 13.9 Å². The molecule has 0 spiro atoms. The van der Waals surface area contributed by atoms with Gasteiger partial charge in [0.05, 0.1) is 4.90 Å². The minimum Gasteiger partial charge on any atom is -0.368 e. The van der Waals surface area contributed by atoms with Crippen LogP contribution < -0.4 is 4.90 Å². The Morgan fingerprint density at radius 1 is 1.04 bits per heavy atom. The van der Waals surface area contributed by atoms with Crippen LogP contribution in [0.4, 0.5) is 5.69 Å². The Hall–Kier alpha value is -2.28. The minimum atomic E-state index is -2.90. The smallest absolute Gasteiger partial charge is 0.254 e. The van der Waals surface area contributed by atoms with Crippen LogP contribution in [-0.4, -0.2) is 46.1 Å². The van der Waals surface area contributed by atoms with Gasteiger partial charge in [-0.3, -0.25) is 13.9 Å². The van der Waals surface area contributed by atoms with E-state index in [-0.39, 0.29) is 5.91 Å². The molecule has 0 bridgehead atoms. The zero-order valence-corrected chi connectivity index (χ0v) is 15.4. The average molecular weight is 370 g/mol. The second-order valence-corrected chi connectivity index (χ2v) is 8.63. The second-order valence-electron chi connectivity index (χ2n) is 6.73. The molecular formula is C20H22N2O3S. The highest BCUT2D eigenvalue weighted by Crippen LogP contribution is 2.56.